The number of fused-ring (bicyclic) bond motifs is 3. The lowest BCUT2D eigenvalue weighted by molar-refractivity contribution is -0.117. The molecule has 0 fully saturated rings. The second kappa shape index (κ2) is 9.37. The van der Waals surface area contributed by atoms with Gasteiger partial charge in [0.15, 0.2) is 0 Å². The average Bonchev–Trinajstić information content (AvgIpc) is 3.13. The molecule has 0 unspecified atom stereocenters. The summed E-state index contributed by atoms with van der Waals surface area (Å²) in [5, 5.41) is 9.55. The Kier molecular flexibility index (Phi) is 6.32. The van der Waals surface area contributed by atoms with Crippen LogP contribution in [0.25, 0.3) is 16.7 Å². The minimum atomic E-state index is -0.701. The van der Waals surface area contributed by atoms with Gasteiger partial charge in [-0.2, -0.15) is 0 Å². The summed E-state index contributed by atoms with van der Waals surface area (Å²) in [5.74, 6) is -1.69. The van der Waals surface area contributed by atoms with E-state index >= 15 is 0 Å². The molecule has 2 heterocycles. The van der Waals surface area contributed by atoms with E-state index in [1.807, 2.05) is 13.8 Å². The van der Waals surface area contributed by atoms with Crippen LogP contribution in [0.15, 0.2) is 64.7 Å². The summed E-state index contributed by atoms with van der Waals surface area (Å²) in [6.45, 7) is 6.81. The van der Waals surface area contributed by atoms with Crippen LogP contribution in [0.1, 0.15) is 24.2 Å². The molecule has 0 atom stereocenters. The average molecular weight is 478 g/mol. The van der Waals surface area contributed by atoms with Gasteiger partial charge < -0.3 is 10.6 Å². The lowest BCUT2D eigenvalue weighted by Gasteiger charge is -2.11. The van der Waals surface area contributed by atoms with Crippen molar-refractivity contribution in [2.24, 2.45) is 0 Å². The Labute approximate surface area is 198 Å². The van der Waals surface area contributed by atoms with Crippen molar-refractivity contribution in [1.29, 1.82) is 0 Å². The van der Waals surface area contributed by atoms with Crippen molar-refractivity contribution in [1.82, 2.24) is 24.1 Å². The van der Waals surface area contributed by atoms with Gasteiger partial charge in [0, 0.05) is 18.2 Å². The molecule has 0 bridgehead atoms. The zero-order chi connectivity index (χ0) is 25.3. The molecule has 11 heteroatoms. The van der Waals surface area contributed by atoms with Crippen molar-refractivity contribution in [3.63, 3.8) is 0 Å². The van der Waals surface area contributed by atoms with Crippen molar-refractivity contribution in [2.75, 3.05) is 5.32 Å². The lowest BCUT2D eigenvalue weighted by Crippen LogP contribution is -2.31. The molecule has 10 nitrogen and oxygen atoms in total. The van der Waals surface area contributed by atoms with Gasteiger partial charge in [-0.3, -0.25) is 19.0 Å². The molecular formula is C24H23FN6O4. The van der Waals surface area contributed by atoms with E-state index in [2.05, 4.69) is 22.3 Å². The highest BCUT2D eigenvalue weighted by Crippen LogP contribution is 2.15. The maximum absolute atomic E-state index is 13.9. The number of nitrogens with one attached hydrogen (secondary N) is 2. The molecule has 2 aromatic heterocycles. The maximum Gasteiger partial charge on any atom is 0.352 e. The van der Waals surface area contributed by atoms with Crippen molar-refractivity contribution >= 4 is 34.2 Å². The number of hydrogen-bond acceptors (Lipinski definition) is 5. The lowest BCUT2D eigenvalue weighted by atomic mass is 10.1. The number of rotatable bonds is 7. The standard InChI is InChI=1S/C24H23FN6O4/c1-4-11-29-22(34)16-10-9-15(21(33)26-14(2)3)12-19(16)31-23(29)28-30(24(31)35)13-20(32)27-18-8-6-5-7-17(18)25/h4-10,12,14H,1,11,13H2,2-3H3,(H,26,33)(H,27,32). The number of carbonyl (C=O) groups excluding carboxylic acids is 2. The number of hydrogen-bond donors (Lipinski definition) is 2. The highest BCUT2D eigenvalue weighted by molar-refractivity contribution is 5.98. The third-order valence-electron chi connectivity index (χ3n) is 5.21. The van der Waals surface area contributed by atoms with E-state index < -0.39 is 29.5 Å². The number of aromatic nitrogens is 4. The topological polar surface area (TPSA) is 120 Å². The Morgan fingerprint density at radius 1 is 1.17 bits per heavy atom. The van der Waals surface area contributed by atoms with E-state index in [9.17, 15) is 23.6 Å². The summed E-state index contributed by atoms with van der Waals surface area (Å²) in [7, 11) is 0. The summed E-state index contributed by atoms with van der Waals surface area (Å²) in [6, 6.07) is 9.92. The predicted octanol–water partition coefficient (Wildman–Crippen LogP) is 1.91. The zero-order valence-electron chi connectivity index (χ0n) is 19.1. The van der Waals surface area contributed by atoms with Crippen LogP contribution in [-0.2, 0) is 17.9 Å². The quantitative estimate of drug-likeness (QED) is 0.393. The predicted molar refractivity (Wildman–Crippen MR) is 129 cm³/mol. The number of allylic oxidation sites excluding steroid dienone is 1. The molecule has 2 amide bonds. The van der Waals surface area contributed by atoms with E-state index in [4.69, 9.17) is 0 Å². The van der Waals surface area contributed by atoms with Gasteiger partial charge in [-0.25, -0.2) is 18.3 Å². The van der Waals surface area contributed by atoms with Gasteiger partial charge in [-0.05, 0) is 44.2 Å². The van der Waals surface area contributed by atoms with Crippen molar-refractivity contribution in [2.45, 2.75) is 33.0 Å². The Bertz CT molecular complexity index is 1600. The summed E-state index contributed by atoms with van der Waals surface area (Å²) in [4.78, 5) is 51.5. The molecule has 0 saturated heterocycles. The Morgan fingerprint density at radius 2 is 1.91 bits per heavy atom. The minimum Gasteiger partial charge on any atom is -0.350 e. The molecule has 0 aliphatic carbocycles. The molecule has 0 spiro atoms. The van der Waals surface area contributed by atoms with Gasteiger partial charge in [0.25, 0.3) is 11.5 Å². The molecule has 2 N–H and O–H groups in total. The molecule has 4 aromatic rings. The molecule has 0 saturated carbocycles. The van der Waals surface area contributed by atoms with E-state index in [-0.39, 0.29) is 46.4 Å². The molecule has 35 heavy (non-hydrogen) atoms. The fourth-order valence-electron chi connectivity index (χ4n) is 3.69. The number of anilines is 1. The fraction of sp³-hybridized carbons (Fsp3) is 0.208. The third kappa shape index (κ3) is 4.47. The largest absolute Gasteiger partial charge is 0.352 e. The first-order valence-electron chi connectivity index (χ1n) is 10.8. The van der Waals surface area contributed by atoms with Crippen LogP contribution in [-0.4, -0.2) is 36.6 Å². The SMILES string of the molecule is C=CCn1c(=O)c2ccc(C(=O)NC(C)C)cc2n2c(=O)n(CC(=O)Nc3ccccc3F)nc12. The molecule has 0 aliphatic heterocycles. The van der Waals surface area contributed by atoms with Crippen molar-refractivity contribution in [3.05, 3.63) is 87.3 Å². The van der Waals surface area contributed by atoms with Crippen LogP contribution < -0.4 is 21.9 Å². The zero-order valence-corrected chi connectivity index (χ0v) is 19.1. The van der Waals surface area contributed by atoms with Crippen molar-refractivity contribution < 1.29 is 14.0 Å². The van der Waals surface area contributed by atoms with E-state index in [0.29, 0.717) is 0 Å². The molecule has 2 aromatic carbocycles. The highest BCUT2D eigenvalue weighted by Gasteiger charge is 2.20. The Morgan fingerprint density at radius 3 is 2.60 bits per heavy atom. The second-order valence-corrected chi connectivity index (χ2v) is 8.17. The first-order chi connectivity index (χ1) is 16.7. The Hall–Kier alpha value is -4.54. The summed E-state index contributed by atoms with van der Waals surface area (Å²) < 4.78 is 17.2. The Balaban J connectivity index is 1.85. The third-order valence-corrected chi connectivity index (χ3v) is 5.21. The molecule has 0 aliphatic rings. The summed E-state index contributed by atoms with van der Waals surface area (Å²) in [5.41, 5.74) is -0.744. The van der Waals surface area contributed by atoms with Gasteiger partial charge in [0.05, 0.1) is 16.6 Å². The van der Waals surface area contributed by atoms with Crippen LogP contribution in [0, 0.1) is 5.82 Å². The highest BCUT2D eigenvalue weighted by atomic mass is 19.1. The molecule has 4 rings (SSSR count). The number of halogens is 1. The van der Waals surface area contributed by atoms with Crippen LogP contribution in [0.3, 0.4) is 0 Å². The summed E-state index contributed by atoms with van der Waals surface area (Å²) >= 11 is 0. The van der Waals surface area contributed by atoms with Gasteiger partial charge in [-0.15, -0.1) is 11.7 Å². The van der Waals surface area contributed by atoms with E-state index in [1.54, 1.807) is 6.07 Å². The maximum atomic E-state index is 13.9. The van der Waals surface area contributed by atoms with Gasteiger partial charge in [-0.1, -0.05) is 18.2 Å². The number of benzene rings is 2. The monoisotopic (exact) mass is 478 g/mol. The molecular weight excluding hydrogens is 455 g/mol. The number of amides is 2. The first-order valence-corrected chi connectivity index (χ1v) is 10.8. The fourth-order valence-corrected chi connectivity index (χ4v) is 3.69. The number of nitrogens with zero attached hydrogens (tertiary/aromatic N) is 4. The van der Waals surface area contributed by atoms with Crippen LogP contribution in [0.5, 0.6) is 0 Å². The number of carbonyl (C=O) groups is 2. The first kappa shape index (κ1) is 23.6. The molecule has 180 valence electrons. The second-order valence-electron chi connectivity index (χ2n) is 8.17. The van der Waals surface area contributed by atoms with Crippen molar-refractivity contribution in [3.8, 4) is 0 Å². The smallest absolute Gasteiger partial charge is 0.350 e. The van der Waals surface area contributed by atoms with Gasteiger partial charge in [0.2, 0.25) is 11.7 Å². The van der Waals surface area contributed by atoms with E-state index in [1.165, 1.54) is 51.4 Å². The van der Waals surface area contributed by atoms with Crippen LogP contribution in [0.4, 0.5) is 10.1 Å². The number of para-hydroxylation sites is 1. The van der Waals surface area contributed by atoms with Gasteiger partial charge >= 0.3 is 5.69 Å². The van der Waals surface area contributed by atoms with Gasteiger partial charge in [0.1, 0.15) is 12.4 Å². The molecule has 0 radical (unpaired) electrons. The normalized spacial score (nSPS) is 11.2. The summed E-state index contributed by atoms with van der Waals surface area (Å²) in [6.07, 6.45) is 1.48. The van der Waals surface area contributed by atoms with Crippen LogP contribution in [0.2, 0.25) is 0 Å². The van der Waals surface area contributed by atoms with E-state index in [0.717, 1.165) is 4.68 Å². The van der Waals surface area contributed by atoms with Crippen LogP contribution >= 0.6 is 0 Å². The minimum absolute atomic E-state index is 0.0208.